The second-order valence-electron chi connectivity index (χ2n) is 15.7. The molecule has 8 unspecified atom stereocenters. The van der Waals surface area contributed by atoms with Crippen LogP contribution < -0.4 is 5.32 Å². The number of phosphoric ester groups is 1. The number of aliphatic hydroxyl groups is 7. The smallest absolute Gasteiger partial charge is 0.392 e. The zero-order valence-electron chi connectivity index (χ0n) is 35.0. The highest BCUT2D eigenvalue weighted by Gasteiger charge is 2.51. The van der Waals surface area contributed by atoms with Crippen molar-refractivity contribution >= 4 is 13.7 Å². The zero-order chi connectivity index (χ0) is 42.3. The third-order valence-electron chi connectivity index (χ3n) is 10.4. The van der Waals surface area contributed by atoms with Crippen molar-refractivity contribution in [2.75, 3.05) is 6.61 Å². The number of carbonyl (C=O) groups excluding carboxylic acids is 1. The summed E-state index contributed by atoms with van der Waals surface area (Å²) in [5, 5.41) is 74.0. The first-order valence-corrected chi connectivity index (χ1v) is 23.5. The van der Waals surface area contributed by atoms with E-state index >= 15 is 0 Å². The molecule has 0 aromatic carbocycles. The number of unbranched alkanes of at least 4 members (excludes halogenated alkanes) is 19. The van der Waals surface area contributed by atoms with Crippen LogP contribution in [0.15, 0.2) is 36.5 Å². The zero-order valence-corrected chi connectivity index (χ0v) is 35.9. The predicted octanol–water partition coefficient (Wildman–Crippen LogP) is 6.58. The van der Waals surface area contributed by atoms with E-state index in [4.69, 9.17) is 9.05 Å². The van der Waals surface area contributed by atoms with E-state index in [1.165, 1.54) is 89.5 Å². The maximum Gasteiger partial charge on any atom is 0.472 e. The van der Waals surface area contributed by atoms with Crippen molar-refractivity contribution in [3.8, 4) is 0 Å². The molecular weight excluding hydrogens is 753 g/mol. The molecule has 1 fully saturated rings. The van der Waals surface area contributed by atoms with Crippen LogP contribution in [-0.2, 0) is 18.4 Å². The van der Waals surface area contributed by atoms with E-state index < -0.39 is 75.2 Å². The first kappa shape index (κ1) is 53.5. The summed E-state index contributed by atoms with van der Waals surface area (Å²) in [6.45, 7) is 3.63. The number of amides is 1. The minimum absolute atomic E-state index is 0.246. The van der Waals surface area contributed by atoms with Gasteiger partial charge in [0.1, 0.15) is 36.6 Å². The van der Waals surface area contributed by atoms with Crippen LogP contribution in [0.3, 0.4) is 0 Å². The van der Waals surface area contributed by atoms with E-state index in [0.29, 0.717) is 6.42 Å². The minimum atomic E-state index is -5.15. The summed E-state index contributed by atoms with van der Waals surface area (Å²) in [6, 6.07) is -1.27. The third-order valence-corrected chi connectivity index (χ3v) is 11.4. The first-order valence-electron chi connectivity index (χ1n) is 22.0. The highest BCUT2D eigenvalue weighted by Crippen LogP contribution is 2.47. The Hall–Kier alpha value is -1.48. The Bertz CT molecular complexity index is 1120. The molecule has 0 spiro atoms. The molecule has 0 radical (unpaired) electrons. The van der Waals surface area contributed by atoms with Crippen LogP contribution >= 0.6 is 7.82 Å². The SMILES string of the molecule is CCCCCC/C=C\CC(O)CC(=O)NC(COP(=O)(O)OC1C(O)C(O)C(O)C(O)C1O)C(O)/C=C/CC/C=C/CCCCCCCCCCCCCCCC. The van der Waals surface area contributed by atoms with Crippen LogP contribution in [0.4, 0.5) is 0 Å². The highest BCUT2D eigenvalue weighted by molar-refractivity contribution is 7.47. The number of rotatable bonds is 35. The van der Waals surface area contributed by atoms with Crippen molar-refractivity contribution in [2.45, 2.75) is 223 Å². The summed E-state index contributed by atoms with van der Waals surface area (Å²) < 4.78 is 22.7. The molecule has 8 atom stereocenters. The van der Waals surface area contributed by atoms with Crippen LogP contribution in [0.25, 0.3) is 0 Å². The second kappa shape index (κ2) is 33.3. The second-order valence-corrected chi connectivity index (χ2v) is 17.1. The van der Waals surface area contributed by atoms with Crippen molar-refractivity contribution in [1.29, 1.82) is 0 Å². The number of nitrogens with one attached hydrogen (secondary N) is 1. The number of carbonyl (C=O) groups is 1. The molecule has 334 valence electrons. The molecule has 1 aliphatic rings. The first-order chi connectivity index (χ1) is 27.3. The van der Waals surface area contributed by atoms with Gasteiger partial charge in [-0.2, -0.15) is 0 Å². The largest absolute Gasteiger partial charge is 0.472 e. The molecule has 1 rings (SSSR count). The lowest BCUT2D eigenvalue weighted by Gasteiger charge is -2.41. The van der Waals surface area contributed by atoms with Crippen molar-refractivity contribution in [3.63, 3.8) is 0 Å². The van der Waals surface area contributed by atoms with E-state index in [0.717, 1.165) is 51.4 Å². The van der Waals surface area contributed by atoms with Crippen molar-refractivity contribution < 1.29 is 59.0 Å². The monoisotopic (exact) mass is 834 g/mol. The molecule has 1 saturated carbocycles. The van der Waals surface area contributed by atoms with Crippen LogP contribution in [-0.4, -0.2) is 108 Å². The quantitative estimate of drug-likeness (QED) is 0.0187. The summed E-state index contributed by atoms with van der Waals surface area (Å²) in [7, 11) is -5.15. The van der Waals surface area contributed by atoms with Gasteiger partial charge >= 0.3 is 7.82 Å². The average molecular weight is 834 g/mol. The molecule has 14 heteroatoms. The number of phosphoric acid groups is 1. The topological polar surface area (TPSA) is 226 Å². The van der Waals surface area contributed by atoms with Gasteiger partial charge in [-0.05, 0) is 44.9 Å². The number of hydrogen-bond acceptors (Lipinski definition) is 11. The fourth-order valence-corrected chi connectivity index (χ4v) is 7.75. The summed E-state index contributed by atoms with van der Waals surface area (Å²) >= 11 is 0. The fraction of sp³-hybridized carbons (Fsp3) is 0.837. The molecule has 0 aromatic rings. The molecule has 57 heavy (non-hydrogen) atoms. The van der Waals surface area contributed by atoms with Gasteiger partial charge in [0.2, 0.25) is 5.91 Å². The van der Waals surface area contributed by atoms with E-state index in [1.807, 2.05) is 12.2 Å². The van der Waals surface area contributed by atoms with Crippen LogP contribution in [0.5, 0.6) is 0 Å². The lowest BCUT2D eigenvalue weighted by molar-refractivity contribution is -0.220. The molecule has 0 aromatic heterocycles. The Morgan fingerprint density at radius 3 is 1.56 bits per heavy atom. The maximum absolute atomic E-state index is 12.9. The van der Waals surface area contributed by atoms with E-state index in [2.05, 4.69) is 31.3 Å². The Morgan fingerprint density at radius 2 is 1.04 bits per heavy atom. The minimum Gasteiger partial charge on any atom is -0.392 e. The molecular formula is C43H80NO12P. The molecule has 0 saturated heterocycles. The lowest BCUT2D eigenvalue weighted by Crippen LogP contribution is -2.64. The van der Waals surface area contributed by atoms with Crippen LogP contribution in [0, 0.1) is 0 Å². The summed E-state index contributed by atoms with van der Waals surface area (Å²) in [4.78, 5) is 23.2. The van der Waals surface area contributed by atoms with E-state index in [1.54, 1.807) is 6.08 Å². The predicted molar refractivity (Wildman–Crippen MR) is 224 cm³/mol. The standard InChI is InChI=1S/C43H80NO12P/c1-3-5-7-9-11-12-13-14-15-16-17-18-19-20-21-22-23-25-27-29-31-36(46)35(44-37(47)32-34(45)30-28-26-24-10-8-6-4-2)33-55-57(53,54)56-43-41(51)39(49)38(48)40(50)42(43)52/h22-23,26,28-29,31,34-36,38-43,45-46,48-52H,3-21,24-25,27,30,32-33H2,1-2H3,(H,44,47)(H,53,54)/b23-22+,28-26-,31-29+. The molecule has 13 nitrogen and oxygen atoms in total. The third kappa shape index (κ3) is 25.7. The Balaban J connectivity index is 2.57. The van der Waals surface area contributed by atoms with Crippen LogP contribution in [0.1, 0.15) is 168 Å². The molecule has 0 bridgehead atoms. The summed E-state index contributed by atoms with van der Waals surface area (Å²) in [5.41, 5.74) is 0. The van der Waals surface area contributed by atoms with E-state index in [9.17, 15) is 50.0 Å². The van der Waals surface area contributed by atoms with Gasteiger partial charge in [0.05, 0.1) is 31.3 Å². The molecule has 1 amide bonds. The van der Waals surface area contributed by atoms with Gasteiger partial charge in [0.15, 0.2) is 0 Å². The summed E-state index contributed by atoms with van der Waals surface area (Å²) in [5.74, 6) is -0.640. The highest BCUT2D eigenvalue weighted by atomic mass is 31.2. The average Bonchev–Trinajstić information content (AvgIpc) is 3.18. The van der Waals surface area contributed by atoms with Gasteiger partial charge in [0.25, 0.3) is 0 Å². The molecule has 9 N–H and O–H groups in total. The fourth-order valence-electron chi connectivity index (χ4n) is 6.78. The molecule has 1 aliphatic carbocycles. The Labute approximate surface area is 343 Å². The summed E-state index contributed by atoms with van der Waals surface area (Å²) in [6.07, 6.45) is 22.9. The number of allylic oxidation sites excluding steroid dienone is 4. The molecule has 0 aliphatic heterocycles. The normalized spacial score (nSPS) is 24.3. The van der Waals surface area contributed by atoms with Gasteiger partial charge < -0.3 is 46.0 Å². The van der Waals surface area contributed by atoms with Gasteiger partial charge in [-0.3, -0.25) is 13.8 Å². The van der Waals surface area contributed by atoms with Crippen molar-refractivity contribution in [3.05, 3.63) is 36.5 Å². The Kier molecular flexibility index (Phi) is 31.2. The van der Waals surface area contributed by atoms with Crippen LogP contribution in [0.2, 0.25) is 0 Å². The number of aliphatic hydroxyl groups excluding tert-OH is 7. The lowest BCUT2D eigenvalue weighted by atomic mass is 9.85. The van der Waals surface area contributed by atoms with Gasteiger partial charge in [-0.25, -0.2) is 4.57 Å². The van der Waals surface area contributed by atoms with Crippen molar-refractivity contribution in [2.24, 2.45) is 0 Å². The van der Waals surface area contributed by atoms with Gasteiger partial charge in [-0.1, -0.05) is 153 Å². The van der Waals surface area contributed by atoms with Crippen molar-refractivity contribution in [1.82, 2.24) is 5.32 Å². The molecule has 0 heterocycles. The van der Waals surface area contributed by atoms with Gasteiger partial charge in [-0.15, -0.1) is 0 Å². The van der Waals surface area contributed by atoms with Gasteiger partial charge in [0, 0.05) is 0 Å². The number of hydrogen-bond donors (Lipinski definition) is 9. The maximum atomic E-state index is 12.9. The Morgan fingerprint density at radius 1 is 0.614 bits per heavy atom. The van der Waals surface area contributed by atoms with E-state index in [-0.39, 0.29) is 12.8 Å².